The number of methoxy groups -OCH3 is 1. The molecule has 0 aromatic heterocycles. The molecule has 0 bridgehead atoms. The number of carbonyl (C=O) groups is 2. The van der Waals surface area contributed by atoms with Crippen LogP contribution in [0.3, 0.4) is 0 Å². The topological polar surface area (TPSA) is 64.6 Å². The van der Waals surface area contributed by atoms with Gasteiger partial charge in [0.1, 0.15) is 0 Å². The van der Waals surface area contributed by atoms with Gasteiger partial charge in [0.05, 0.1) is 26.2 Å². The molecule has 132 valence electrons. The minimum absolute atomic E-state index is 0.0566. The summed E-state index contributed by atoms with van der Waals surface area (Å²) in [7, 11) is 1.33. The van der Waals surface area contributed by atoms with Gasteiger partial charge in [-0.3, -0.25) is 4.79 Å². The standard InChI is InChI=1S/C18H24ClNO4/c1-5-24-18(22)11-16(13-6-8-14(19)9-7-13)20-15(12(2)3)10-17(21)23-4/h6-10,12,16,20H,5,11H2,1-4H3/b15-10-. The first-order valence-corrected chi connectivity index (χ1v) is 8.22. The molecule has 0 aliphatic carbocycles. The molecule has 1 atom stereocenters. The normalized spacial score (nSPS) is 12.7. The Morgan fingerprint density at radius 2 is 1.88 bits per heavy atom. The number of esters is 2. The Morgan fingerprint density at radius 1 is 1.25 bits per heavy atom. The van der Waals surface area contributed by atoms with Gasteiger partial charge in [0.25, 0.3) is 0 Å². The Hall–Kier alpha value is -2.01. The molecule has 1 rings (SSSR count). The Morgan fingerprint density at radius 3 is 2.38 bits per heavy atom. The fourth-order valence-electron chi connectivity index (χ4n) is 2.10. The molecule has 0 aliphatic rings. The first-order chi connectivity index (χ1) is 11.4. The van der Waals surface area contributed by atoms with E-state index in [1.54, 1.807) is 19.1 Å². The average molecular weight is 354 g/mol. The fraction of sp³-hybridized carbons (Fsp3) is 0.444. The lowest BCUT2D eigenvalue weighted by atomic mass is 10.0. The molecule has 0 radical (unpaired) electrons. The van der Waals surface area contributed by atoms with Crippen LogP contribution in [-0.2, 0) is 19.1 Å². The van der Waals surface area contributed by atoms with Crippen molar-refractivity contribution in [2.24, 2.45) is 5.92 Å². The van der Waals surface area contributed by atoms with Gasteiger partial charge >= 0.3 is 11.9 Å². The van der Waals surface area contributed by atoms with Gasteiger partial charge < -0.3 is 14.8 Å². The van der Waals surface area contributed by atoms with Crippen LogP contribution in [0.15, 0.2) is 36.0 Å². The average Bonchev–Trinajstić information content (AvgIpc) is 2.54. The molecule has 0 aliphatic heterocycles. The number of hydrogen-bond acceptors (Lipinski definition) is 5. The van der Waals surface area contributed by atoms with Crippen molar-refractivity contribution in [2.45, 2.75) is 33.2 Å². The molecule has 0 saturated heterocycles. The van der Waals surface area contributed by atoms with Crippen LogP contribution in [0, 0.1) is 5.92 Å². The SMILES string of the molecule is CCOC(=O)CC(N/C(=C\C(=O)OC)C(C)C)c1ccc(Cl)cc1. The van der Waals surface area contributed by atoms with E-state index in [0.717, 1.165) is 5.56 Å². The second-order valence-corrected chi connectivity index (χ2v) is 5.97. The van der Waals surface area contributed by atoms with E-state index in [0.29, 0.717) is 17.3 Å². The first-order valence-electron chi connectivity index (χ1n) is 7.84. The third-order valence-electron chi connectivity index (χ3n) is 3.39. The zero-order chi connectivity index (χ0) is 18.1. The molecule has 6 heteroatoms. The summed E-state index contributed by atoms with van der Waals surface area (Å²) in [5.41, 5.74) is 1.56. The van der Waals surface area contributed by atoms with Crippen LogP contribution >= 0.6 is 11.6 Å². The number of allylic oxidation sites excluding steroid dienone is 1. The van der Waals surface area contributed by atoms with Crippen LogP contribution in [0.25, 0.3) is 0 Å². The first kappa shape index (κ1) is 20.0. The van der Waals surface area contributed by atoms with E-state index in [1.807, 2.05) is 26.0 Å². The van der Waals surface area contributed by atoms with Crippen LogP contribution in [0.4, 0.5) is 0 Å². The van der Waals surface area contributed by atoms with Crippen molar-refractivity contribution in [2.75, 3.05) is 13.7 Å². The maximum Gasteiger partial charge on any atom is 0.332 e. The molecular weight excluding hydrogens is 330 g/mol. The number of nitrogens with one attached hydrogen (secondary N) is 1. The maximum atomic E-state index is 11.9. The van der Waals surface area contributed by atoms with Crippen molar-refractivity contribution >= 4 is 23.5 Å². The van der Waals surface area contributed by atoms with Gasteiger partial charge in [-0.2, -0.15) is 0 Å². The van der Waals surface area contributed by atoms with E-state index in [9.17, 15) is 9.59 Å². The van der Waals surface area contributed by atoms with E-state index in [-0.39, 0.29) is 24.3 Å². The van der Waals surface area contributed by atoms with Crippen LogP contribution in [0.1, 0.15) is 38.8 Å². The molecule has 1 N–H and O–H groups in total. The minimum Gasteiger partial charge on any atom is -0.466 e. The van der Waals surface area contributed by atoms with Gasteiger partial charge in [-0.25, -0.2) is 4.79 Å². The van der Waals surface area contributed by atoms with E-state index in [1.165, 1.54) is 13.2 Å². The van der Waals surface area contributed by atoms with Gasteiger partial charge in [-0.15, -0.1) is 0 Å². The molecule has 24 heavy (non-hydrogen) atoms. The lowest BCUT2D eigenvalue weighted by Gasteiger charge is -2.23. The van der Waals surface area contributed by atoms with Crippen LogP contribution in [0.5, 0.6) is 0 Å². The largest absolute Gasteiger partial charge is 0.466 e. The minimum atomic E-state index is -0.447. The summed E-state index contributed by atoms with van der Waals surface area (Å²) in [6, 6.07) is 6.87. The lowest BCUT2D eigenvalue weighted by Crippen LogP contribution is -2.27. The molecule has 1 unspecified atom stereocenters. The Bertz CT molecular complexity index is 581. The highest BCUT2D eigenvalue weighted by Crippen LogP contribution is 2.23. The number of ether oxygens (including phenoxy) is 2. The van der Waals surface area contributed by atoms with Crippen molar-refractivity contribution in [1.82, 2.24) is 5.32 Å². The summed E-state index contributed by atoms with van der Waals surface area (Å²) in [6.45, 7) is 5.98. The number of halogens is 1. The van der Waals surface area contributed by atoms with Crippen molar-refractivity contribution in [3.63, 3.8) is 0 Å². The number of rotatable bonds is 8. The molecule has 0 saturated carbocycles. The fourth-order valence-corrected chi connectivity index (χ4v) is 2.22. The Balaban J connectivity index is 3.06. The Labute approximate surface area is 148 Å². The van der Waals surface area contributed by atoms with Crippen molar-refractivity contribution < 1.29 is 19.1 Å². The van der Waals surface area contributed by atoms with Crippen molar-refractivity contribution in [3.05, 3.63) is 46.6 Å². The predicted molar refractivity (Wildman–Crippen MR) is 93.5 cm³/mol. The summed E-state index contributed by atoms with van der Waals surface area (Å²) in [5.74, 6) is -0.704. The van der Waals surface area contributed by atoms with Gasteiger partial charge in [-0.1, -0.05) is 37.6 Å². The van der Waals surface area contributed by atoms with Crippen molar-refractivity contribution in [3.8, 4) is 0 Å². The summed E-state index contributed by atoms with van der Waals surface area (Å²) in [4.78, 5) is 23.5. The summed E-state index contributed by atoms with van der Waals surface area (Å²) >= 11 is 5.93. The molecule has 0 spiro atoms. The van der Waals surface area contributed by atoms with E-state index < -0.39 is 5.97 Å². The quantitative estimate of drug-likeness (QED) is 0.571. The van der Waals surface area contributed by atoms with Crippen molar-refractivity contribution in [1.29, 1.82) is 0 Å². The number of carbonyl (C=O) groups excluding carboxylic acids is 2. The summed E-state index contributed by atoms with van der Waals surface area (Å²) < 4.78 is 9.73. The van der Waals surface area contributed by atoms with Gasteiger partial charge in [0.2, 0.25) is 0 Å². The summed E-state index contributed by atoms with van der Waals surface area (Å²) in [6.07, 6.45) is 1.54. The van der Waals surface area contributed by atoms with Gasteiger partial charge in [0.15, 0.2) is 0 Å². The van der Waals surface area contributed by atoms with E-state index in [2.05, 4.69) is 10.1 Å². The monoisotopic (exact) mass is 353 g/mol. The number of benzene rings is 1. The van der Waals surface area contributed by atoms with Crippen LogP contribution in [0.2, 0.25) is 5.02 Å². The van der Waals surface area contributed by atoms with Gasteiger partial charge in [0, 0.05) is 16.8 Å². The highest BCUT2D eigenvalue weighted by atomic mass is 35.5. The third-order valence-corrected chi connectivity index (χ3v) is 3.64. The molecule has 0 amide bonds. The molecule has 1 aromatic carbocycles. The maximum absolute atomic E-state index is 11.9. The Kier molecular flexibility index (Phi) is 8.33. The molecule has 1 aromatic rings. The zero-order valence-electron chi connectivity index (χ0n) is 14.5. The van der Waals surface area contributed by atoms with E-state index in [4.69, 9.17) is 16.3 Å². The molecule has 0 fully saturated rings. The second kappa shape index (κ2) is 9.98. The second-order valence-electron chi connectivity index (χ2n) is 5.54. The number of hydrogen-bond donors (Lipinski definition) is 1. The van der Waals surface area contributed by atoms with Crippen LogP contribution in [-0.4, -0.2) is 25.7 Å². The molecule has 0 heterocycles. The lowest BCUT2D eigenvalue weighted by molar-refractivity contribution is -0.143. The third kappa shape index (κ3) is 6.62. The van der Waals surface area contributed by atoms with E-state index >= 15 is 0 Å². The highest BCUT2D eigenvalue weighted by molar-refractivity contribution is 6.30. The highest BCUT2D eigenvalue weighted by Gasteiger charge is 2.19. The van der Waals surface area contributed by atoms with Gasteiger partial charge in [-0.05, 0) is 30.5 Å². The molecule has 5 nitrogen and oxygen atoms in total. The molecular formula is C18H24ClNO4. The predicted octanol–water partition coefficient (Wildman–Crippen LogP) is 3.64. The van der Waals surface area contributed by atoms with Crippen LogP contribution < -0.4 is 5.32 Å². The zero-order valence-corrected chi connectivity index (χ0v) is 15.2. The summed E-state index contributed by atoms with van der Waals surface area (Å²) in [5, 5.41) is 3.87. The smallest absolute Gasteiger partial charge is 0.332 e.